The van der Waals surface area contributed by atoms with Crippen LogP contribution in [0.1, 0.15) is 67.4 Å². The van der Waals surface area contributed by atoms with Gasteiger partial charge in [-0.2, -0.15) is 0 Å². The highest BCUT2D eigenvalue weighted by Gasteiger charge is 2.39. The van der Waals surface area contributed by atoms with Crippen LogP contribution >= 0.6 is 0 Å². The Morgan fingerprint density at radius 1 is 1.28 bits per heavy atom. The Kier molecular flexibility index (Phi) is 6.47. The summed E-state index contributed by atoms with van der Waals surface area (Å²) in [4.78, 5) is 50.0. The zero-order valence-corrected chi connectivity index (χ0v) is 16.9. The lowest BCUT2D eigenvalue weighted by Crippen LogP contribution is -2.44. The summed E-state index contributed by atoms with van der Waals surface area (Å²) in [6, 6.07) is 4.99. The number of nitrogens with zero attached hydrogens (tertiary/aromatic N) is 1. The number of hydrogen-bond donors (Lipinski definition) is 2. The van der Waals surface area contributed by atoms with Crippen molar-refractivity contribution in [2.45, 2.75) is 77.1 Å². The molecule has 7 nitrogen and oxygen atoms in total. The minimum atomic E-state index is -1.05. The van der Waals surface area contributed by atoms with E-state index >= 15 is 0 Å². The number of aliphatic hydroxyl groups excluding tert-OH is 1. The summed E-state index contributed by atoms with van der Waals surface area (Å²) in [6.07, 6.45) is 1.16. The first kappa shape index (κ1) is 21.2. The number of benzene rings is 1. The normalized spacial score (nSPS) is 20.2. The van der Waals surface area contributed by atoms with Gasteiger partial charge in [0, 0.05) is 24.6 Å². The van der Waals surface area contributed by atoms with Crippen LogP contribution in [-0.4, -0.2) is 51.6 Å². The first-order valence-electron chi connectivity index (χ1n) is 10.2. The van der Waals surface area contributed by atoms with Crippen LogP contribution in [0.5, 0.6) is 0 Å². The predicted octanol–water partition coefficient (Wildman–Crippen LogP) is 1.54. The Bertz CT molecular complexity index is 832. The first-order valence-corrected chi connectivity index (χ1v) is 10.2. The molecule has 1 aliphatic heterocycles. The molecule has 0 spiro atoms. The molecule has 0 radical (unpaired) electrons. The molecule has 2 atom stereocenters. The number of rotatable bonds is 7. The van der Waals surface area contributed by atoms with Gasteiger partial charge in [0.25, 0.3) is 5.91 Å². The third-order valence-corrected chi connectivity index (χ3v) is 5.57. The smallest absolute Gasteiger partial charge is 0.255 e. The molecular weight excluding hydrogens is 372 g/mol. The molecule has 2 N–H and O–H groups in total. The van der Waals surface area contributed by atoms with Gasteiger partial charge in [0.1, 0.15) is 11.9 Å². The summed E-state index contributed by atoms with van der Waals surface area (Å²) in [6.45, 7) is 4.05. The van der Waals surface area contributed by atoms with Crippen molar-refractivity contribution in [1.82, 2.24) is 10.2 Å². The number of aliphatic hydroxyl groups is 1. The molecule has 1 aliphatic carbocycles. The minimum Gasteiger partial charge on any atom is -0.383 e. The SMILES string of the molecule is CC(C)NC(=O)C(O)CCCc1cccc2c1CN(C1CCC(=O)CC1=O)C2=O. The zero-order valence-electron chi connectivity index (χ0n) is 16.9. The van der Waals surface area contributed by atoms with Crippen LogP contribution in [0.3, 0.4) is 0 Å². The molecule has 7 heteroatoms. The van der Waals surface area contributed by atoms with Crippen molar-refractivity contribution in [2.75, 3.05) is 0 Å². The number of carbonyl (C=O) groups excluding carboxylic acids is 4. The monoisotopic (exact) mass is 400 g/mol. The second-order valence-electron chi connectivity index (χ2n) is 8.18. The van der Waals surface area contributed by atoms with E-state index in [4.69, 9.17) is 0 Å². The van der Waals surface area contributed by atoms with E-state index in [2.05, 4.69) is 5.32 Å². The Hall–Kier alpha value is -2.54. The van der Waals surface area contributed by atoms with Gasteiger partial charge in [-0.15, -0.1) is 0 Å². The highest BCUT2D eigenvalue weighted by Crippen LogP contribution is 2.31. The van der Waals surface area contributed by atoms with E-state index in [-0.39, 0.29) is 35.8 Å². The summed E-state index contributed by atoms with van der Waals surface area (Å²) in [5.41, 5.74) is 2.50. The third-order valence-electron chi connectivity index (χ3n) is 5.57. The van der Waals surface area contributed by atoms with Crippen LogP contribution in [0.4, 0.5) is 0 Å². The standard InChI is InChI=1S/C22H28N2O5/c1-13(2)23-21(28)19(26)8-4-6-14-5-3-7-16-17(14)12-24(22(16)29)18-10-9-15(25)11-20(18)27/h3,5,7,13,18-19,26H,4,6,8-12H2,1-2H3,(H,23,28). The number of amides is 2. The van der Waals surface area contributed by atoms with Gasteiger partial charge in [-0.3, -0.25) is 19.2 Å². The highest BCUT2D eigenvalue weighted by molar-refractivity contribution is 6.07. The Morgan fingerprint density at radius 2 is 2.03 bits per heavy atom. The summed E-state index contributed by atoms with van der Waals surface area (Å²) < 4.78 is 0. The fraction of sp³-hybridized carbons (Fsp3) is 0.545. The molecule has 0 aromatic heterocycles. The van der Waals surface area contributed by atoms with Gasteiger partial charge in [-0.05, 0) is 56.7 Å². The van der Waals surface area contributed by atoms with Crippen LogP contribution < -0.4 is 5.32 Å². The molecule has 1 aromatic carbocycles. The van der Waals surface area contributed by atoms with E-state index in [0.29, 0.717) is 44.2 Å². The quantitative estimate of drug-likeness (QED) is 0.676. The summed E-state index contributed by atoms with van der Waals surface area (Å²) in [5.74, 6) is -0.768. The van der Waals surface area contributed by atoms with E-state index in [1.807, 2.05) is 26.0 Å². The Labute approximate surface area is 170 Å². The van der Waals surface area contributed by atoms with Crippen molar-refractivity contribution in [3.63, 3.8) is 0 Å². The molecule has 0 bridgehead atoms. The van der Waals surface area contributed by atoms with Crippen molar-refractivity contribution >= 4 is 23.4 Å². The predicted molar refractivity (Wildman–Crippen MR) is 106 cm³/mol. The number of fused-ring (bicyclic) bond motifs is 1. The van der Waals surface area contributed by atoms with Crippen LogP contribution in [0.25, 0.3) is 0 Å². The third kappa shape index (κ3) is 4.72. The average Bonchev–Trinajstić information content (AvgIpc) is 2.98. The van der Waals surface area contributed by atoms with Crippen LogP contribution in [0.15, 0.2) is 18.2 Å². The number of hydrogen-bond acceptors (Lipinski definition) is 5. The fourth-order valence-corrected chi connectivity index (χ4v) is 4.09. The van der Waals surface area contributed by atoms with Crippen molar-refractivity contribution in [3.8, 4) is 0 Å². The van der Waals surface area contributed by atoms with E-state index in [1.165, 1.54) is 0 Å². The number of nitrogens with one attached hydrogen (secondary N) is 1. The van der Waals surface area contributed by atoms with Crippen LogP contribution in [0, 0.1) is 0 Å². The molecule has 1 fully saturated rings. The zero-order chi connectivity index (χ0) is 21.1. The van der Waals surface area contributed by atoms with Gasteiger partial charge >= 0.3 is 0 Å². The molecule has 1 aromatic rings. The van der Waals surface area contributed by atoms with Gasteiger partial charge < -0.3 is 15.3 Å². The second kappa shape index (κ2) is 8.86. The number of carbonyl (C=O) groups is 4. The molecule has 156 valence electrons. The van der Waals surface area contributed by atoms with E-state index < -0.39 is 12.1 Å². The maximum absolute atomic E-state index is 12.8. The van der Waals surface area contributed by atoms with Gasteiger partial charge in [0.2, 0.25) is 5.91 Å². The highest BCUT2D eigenvalue weighted by atomic mass is 16.3. The second-order valence-corrected chi connectivity index (χ2v) is 8.18. The van der Waals surface area contributed by atoms with Crippen LogP contribution in [-0.2, 0) is 27.3 Å². The molecule has 2 unspecified atom stereocenters. The number of aryl methyl sites for hydroxylation is 1. The molecule has 1 heterocycles. The number of Topliss-reactive ketones (excluding diaryl/α,β-unsaturated/α-hetero) is 2. The van der Waals surface area contributed by atoms with Gasteiger partial charge in [-0.25, -0.2) is 0 Å². The minimum absolute atomic E-state index is 0.0238. The molecule has 1 saturated carbocycles. The number of ketones is 2. The fourth-order valence-electron chi connectivity index (χ4n) is 4.09. The molecule has 2 aliphatic rings. The molecule has 29 heavy (non-hydrogen) atoms. The van der Waals surface area contributed by atoms with E-state index in [1.54, 1.807) is 11.0 Å². The summed E-state index contributed by atoms with van der Waals surface area (Å²) in [7, 11) is 0. The lowest BCUT2D eigenvalue weighted by molar-refractivity contribution is -0.133. The lowest BCUT2D eigenvalue weighted by Gasteiger charge is -2.29. The maximum Gasteiger partial charge on any atom is 0.255 e. The molecule has 2 amide bonds. The van der Waals surface area contributed by atoms with Crippen molar-refractivity contribution in [3.05, 3.63) is 34.9 Å². The average molecular weight is 400 g/mol. The largest absolute Gasteiger partial charge is 0.383 e. The van der Waals surface area contributed by atoms with Gasteiger partial charge in [0.15, 0.2) is 5.78 Å². The van der Waals surface area contributed by atoms with Gasteiger partial charge in [0.05, 0.1) is 12.5 Å². The molecule has 3 rings (SSSR count). The summed E-state index contributed by atoms with van der Waals surface area (Å²) >= 11 is 0. The van der Waals surface area contributed by atoms with Crippen molar-refractivity contribution in [1.29, 1.82) is 0 Å². The molecule has 0 saturated heterocycles. The van der Waals surface area contributed by atoms with E-state index in [0.717, 1.165) is 11.1 Å². The molecular formula is C22H28N2O5. The van der Waals surface area contributed by atoms with Crippen LogP contribution in [0.2, 0.25) is 0 Å². The van der Waals surface area contributed by atoms with Gasteiger partial charge in [-0.1, -0.05) is 12.1 Å². The lowest BCUT2D eigenvalue weighted by atomic mass is 9.92. The topological polar surface area (TPSA) is 104 Å². The summed E-state index contributed by atoms with van der Waals surface area (Å²) in [5, 5.41) is 12.7. The van der Waals surface area contributed by atoms with Crippen molar-refractivity contribution < 1.29 is 24.3 Å². The van der Waals surface area contributed by atoms with E-state index in [9.17, 15) is 24.3 Å². The van der Waals surface area contributed by atoms with Crippen molar-refractivity contribution in [2.24, 2.45) is 0 Å². The Balaban J connectivity index is 1.64. The maximum atomic E-state index is 12.8. The Morgan fingerprint density at radius 3 is 2.72 bits per heavy atom. The first-order chi connectivity index (χ1) is 13.8.